The predicted molar refractivity (Wildman–Crippen MR) is 97.0 cm³/mol. The zero-order valence-electron chi connectivity index (χ0n) is 14.4. The summed E-state index contributed by atoms with van der Waals surface area (Å²) >= 11 is 0. The first-order valence-corrected chi connectivity index (χ1v) is 8.64. The molecule has 3 aromatic rings. The SMILES string of the molecule is CCn1nc(C(=O)Nc2cnc(-c3cccc(O)c3)nc2)cc1C1CC1. The first-order chi connectivity index (χ1) is 12.6. The van der Waals surface area contributed by atoms with Gasteiger partial charge in [0.1, 0.15) is 5.75 Å². The second-order valence-electron chi connectivity index (χ2n) is 6.34. The molecule has 1 fully saturated rings. The van der Waals surface area contributed by atoms with Gasteiger partial charge in [-0.05, 0) is 38.0 Å². The summed E-state index contributed by atoms with van der Waals surface area (Å²) in [6.45, 7) is 2.77. The molecule has 0 bridgehead atoms. The molecule has 0 spiro atoms. The van der Waals surface area contributed by atoms with Gasteiger partial charge in [-0.15, -0.1) is 0 Å². The third-order valence-corrected chi connectivity index (χ3v) is 4.35. The number of anilines is 1. The summed E-state index contributed by atoms with van der Waals surface area (Å²) in [5, 5.41) is 16.7. The van der Waals surface area contributed by atoms with E-state index in [9.17, 15) is 9.90 Å². The van der Waals surface area contributed by atoms with Crippen LogP contribution in [0.2, 0.25) is 0 Å². The number of phenolic OH excluding ortho intramolecular Hbond substituents is 1. The summed E-state index contributed by atoms with van der Waals surface area (Å²) in [4.78, 5) is 21.0. The van der Waals surface area contributed by atoms with E-state index in [0.717, 1.165) is 25.1 Å². The van der Waals surface area contributed by atoms with E-state index >= 15 is 0 Å². The van der Waals surface area contributed by atoms with E-state index < -0.39 is 0 Å². The van der Waals surface area contributed by atoms with E-state index in [0.29, 0.717) is 28.7 Å². The van der Waals surface area contributed by atoms with Crippen LogP contribution in [0.1, 0.15) is 41.9 Å². The Morgan fingerprint density at radius 1 is 1.27 bits per heavy atom. The van der Waals surface area contributed by atoms with Crippen molar-refractivity contribution in [2.75, 3.05) is 5.32 Å². The largest absolute Gasteiger partial charge is 0.508 e. The number of carbonyl (C=O) groups excluding carboxylic acids is 1. The van der Waals surface area contributed by atoms with Crippen molar-refractivity contribution in [1.29, 1.82) is 0 Å². The molecule has 1 aromatic carbocycles. The third kappa shape index (κ3) is 3.28. The van der Waals surface area contributed by atoms with Crippen molar-refractivity contribution >= 4 is 11.6 Å². The number of hydrogen-bond acceptors (Lipinski definition) is 5. The summed E-state index contributed by atoms with van der Waals surface area (Å²) in [6.07, 6.45) is 5.42. The minimum Gasteiger partial charge on any atom is -0.508 e. The molecule has 0 atom stereocenters. The Labute approximate surface area is 150 Å². The van der Waals surface area contributed by atoms with Gasteiger partial charge in [-0.25, -0.2) is 9.97 Å². The van der Waals surface area contributed by atoms with Crippen molar-refractivity contribution in [2.45, 2.75) is 32.2 Å². The molecule has 4 rings (SSSR count). The van der Waals surface area contributed by atoms with Crippen LogP contribution in [-0.4, -0.2) is 30.8 Å². The number of rotatable bonds is 5. The van der Waals surface area contributed by atoms with Gasteiger partial charge in [0.15, 0.2) is 11.5 Å². The molecule has 0 saturated heterocycles. The van der Waals surface area contributed by atoms with Crippen LogP contribution < -0.4 is 5.32 Å². The number of aromatic hydroxyl groups is 1. The lowest BCUT2D eigenvalue weighted by atomic mass is 10.2. The maximum Gasteiger partial charge on any atom is 0.276 e. The average molecular weight is 349 g/mol. The number of amides is 1. The summed E-state index contributed by atoms with van der Waals surface area (Å²) in [5.74, 6) is 0.897. The number of hydrogen-bond donors (Lipinski definition) is 2. The Kier molecular flexibility index (Phi) is 4.12. The van der Waals surface area contributed by atoms with Gasteiger partial charge in [-0.3, -0.25) is 9.48 Å². The molecule has 0 aliphatic heterocycles. The lowest BCUT2D eigenvalue weighted by molar-refractivity contribution is 0.102. The molecule has 7 heteroatoms. The Balaban J connectivity index is 1.49. The fourth-order valence-electron chi connectivity index (χ4n) is 2.88. The highest BCUT2D eigenvalue weighted by molar-refractivity contribution is 6.02. The molecule has 0 unspecified atom stereocenters. The Hall–Kier alpha value is -3.22. The second kappa shape index (κ2) is 6.59. The first kappa shape index (κ1) is 16.3. The normalized spacial score (nSPS) is 13.6. The summed E-state index contributed by atoms with van der Waals surface area (Å²) in [7, 11) is 0. The standard InChI is InChI=1S/C19H19N5O2/c1-2-24-17(12-6-7-12)9-16(23-24)19(26)22-14-10-20-18(21-11-14)13-4-3-5-15(25)8-13/h3-5,8-12,25H,2,6-7H2,1H3,(H,22,26). The maximum absolute atomic E-state index is 12.5. The van der Waals surface area contributed by atoms with Crippen LogP contribution >= 0.6 is 0 Å². The molecular formula is C19H19N5O2. The topological polar surface area (TPSA) is 92.9 Å². The summed E-state index contributed by atoms with van der Waals surface area (Å²) in [5.41, 5.74) is 2.75. The lowest BCUT2D eigenvalue weighted by Crippen LogP contribution is -2.13. The van der Waals surface area contributed by atoms with Gasteiger partial charge in [0, 0.05) is 23.7 Å². The first-order valence-electron chi connectivity index (χ1n) is 8.64. The number of phenols is 1. The van der Waals surface area contributed by atoms with E-state index in [4.69, 9.17) is 0 Å². The van der Waals surface area contributed by atoms with Crippen molar-refractivity contribution < 1.29 is 9.90 Å². The number of aryl methyl sites for hydroxylation is 1. The van der Waals surface area contributed by atoms with Crippen LogP contribution in [0.25, 0.3) is 11.4 Å². The molecule has 2 N–H and O–H groups in total. The van der Waals surface area contributed by atoms with E-state index in [1.54, 1.807) is 30.6 Å². The smallest absolute Gasteiger partial charge is 0.276 e. The van der Waals surface area contributed by atoms with Crippen molar-refractivity contribution in [3.8, 4) is 17.1 Å². The van der Waals surface area contributed by atoms with Crippen LogP contribution in [0, 0.1) is 0 Å². The van der Waals surface area contributed by atoms with Gasteiger partial charge in [0.25, 0.3) is 5.91 Å². The molecule has 1 saturated carbocycles. The minimum absolute atomic E-state index is 0.154. The minimum atomic E-state index is -0.271. The van der Waals surface area contributed by atoms with Crippen LogP contribution in [0.15, 0.2) is 42.7 Å². The van der Waals surface area contributed by atoms with Crippen LogP contribution in [0.3, 0.4) is 0 Å². The molecule has 1 amide bonds. The molecule has 2 heterocycles. The highest BCUT2D eigenvalue weighted by atomic mass is 16.3. The highest BCUT2D eigenvalue weighted by Crippen LogP contribution is 2.40. The molecule has 1 aliphatic rings. The average Bonchev–Trinajstić information content (AvgIpc) is 3.40. The molecule has 26 heavy (non-hydrogen) atoms. The molecule has 1 aliphatic carbocycles. The quantitative estimate of drug-likeness (QED) is 0.738. The number of aromatic nitrogens is 4. The maximum atomic E-state index is 12.5. The Morgan fingerprint density at radius 3 is 2.69 bits per heavy atom. The number of carbonyl (C=O) groups is 1. The van der Waals surface area contributed by atoms with E-state index in [1.165, 1.54) is 0 Å². The monoisotopic (exact) mass is 349 g/mol. The number of nitrogens with zero attached hydrogens (tertiary/aromatic N) is 4. The Morgan fingerprint density at radius 2 is 2.04 bits per heavy atom. The van der Waals surface area contributed by atoms with Crippen LogP contribution in [0.5, 0.6) is 5.75 Å². The van der Waals surface area contributed by atoms with Crippen molar-refractivity contribution in [2.24, 2.45) is 0 Å². The molecule has 0 radical (unpaired) electrons. The van der Waals surface area contributed by atoms with Gasteiger partial charge in [0.05, 0.1) is 18.1 Å². The van der Waals surface area contributed by atoms with E-state index in [1.807, 2.05) is 23.7 Å². The number of nitrogens with one attached hydrogen (secondary N) is 1. The highest BCUT2D eigenvalue weighted by Gasteiger charge is 2.28. The molecular weight excluding hydrogens is 330 g/mol. The van der Waals surface area contributed by atoms with Gasteiger partial charge in [-0.1, -0.05) is 12.1 Å². The van der Waals surface area contributed by atoms with Crippen molar-refractivity contribution in [3.63, 3.8) is 0 Å². The van der Waals surface area contributed by atoms with E-state index in [-0.39, 0.29) is 11.7 Å². The van der Waals surface area contributed by atoms with Gasteiger partial charge in [-0.2, -0.15) is 5.10 Å². The van der Waals surface area contributed by atoms with Gasteiger partial charge < -0.3 is 10.4 Å². The molecule has 7 nitrogen and oxygen atoms in total. The number of benzene rings is 1. The zero-order chi connectivity index (χ0) is 18.1. The second-order valence-corrected chi connectivity index (χ2v) is 6.34. The van der Waals surface area contributed by atoms with E-state index in [2.05, 4.69) is 20.4 Å². The lowest BCUT2D eigenvalue weighted by Gasteiger charge is -2.04. The van der Waals surface area contributed by atoms with Gasteiger partial charge >= 0.3 is 0 Å². The summed E-state index contributed by atoms with van der Waals surface area (Å²) < 4.78 is 1.90. The fourth-order valence-corrected chi connectivity index (χ4v) is 2.88. The van der Waals surface area contributed by atoms with Crippen LogP contribution in [0.4, 0.5) is 5.69 Å². The van der Waals surface area contributed by atoms with Crippen molar-refractivity contribution in [3.05, 3.63) is 54.1 Å². The van der Waals surface area contributed by atoms with Crippen molar-refractivity contribution in [1.82, 2.24) is 19.7 Å². The van der Waals surface area contributed by atoms with Crippen LogP contribution in [-0.2, 0) is 6.54 Å². The van der Waals surface area contributed by atoms with Gasteiger partial charge in [0.2, 0.25) is 0 Å². The molecule has 2 aromatic heterocycles. The fraction of sp³-hybridized carbons (Fsp3) is 0.263. The predicted octanol–water partition coefficient (Wildman–Crippen LogP) is 3.20. The Bertz CT molecular complexity index is 945. The summed E-state index contributed by atoms with van der Waals surface area (Å²) in [6, 6.07) is 8.58. The zero-order valence-corrected chi connectivity index (χ0v) is 14.4. The molecule has 132 valence electrons. The third-order valence-electron chi connectivity index (χ3n) is 4.35.